The molecular weight excluding hydrogens is 410 g/mol. The second-order valence-electron chi connectivity index (χ2n) is 6.49. The summed E-state index contributed by atoms with van der Waals surface area (Å²) >= 11 is 1.20. The molecule has 1 fully saturated rings. The Labute approximate surface area is 172 Å². The van der Waals surface area contributed by atoms with Crippen LogP contribution in [0, 0.1) is 0 Å². The fourth-order valence-corrected chi connectivity index (χ4v) is 4.91. The van der Waals surface area contributed by atoms with Crippen LogP contribution in [0.1, 0.15) is 23.2 Å². The van der Waals surface area contributed by atoms with Crippen LogP contribution in [0.15, 0.2) is 59.1 Å². The van der Waals surface area contributed by atoms with Crippen molar-refractivity contribution >= 4 is 43.9 Å². The number of anilines is 3. The molecule has 1 aliphatic rings. The van der Waals surface area contributed by atoms with E-state index in [0.29, 0.717) is 22.2 Å². The quantitative estimate of drug-likeness (QED) is 0.624. The summed E-state index contributed by atoms with van der Waals surface area (Å²) in [6.45, 7) is 1.77. The molecule has 3 aromatic rings. The Morgan fingerprint density at radius 2 is 1.79 bits per heavy atom. The Balaban J connectivity index is 1.49. The molecule has 1 aromatic carbocycles. The van der Waals surface area contributed by atoms with Gasteiger partial charge in [-0.1, -0.05) is 0 Å². The minimum atomic E-state index is -3.73. The third kappa shape index (κ3) is 4.38. The largest absolute Gasteiger partial charge is 0.356 e. The monoisotopic (exact) mass is 429 g/mol. The van der Waals surface area contributed by atoms with Gasteiger partial charge < -0.3 is 10.2 Å². The summed E-state index contributed by atoms with van der Waals surface area (Å²) in [6.07, 6.45) is 5.38. The molecule has 0 atom stereocenters. The van der Waals surface area contributed by atoms with Crippen molar-refractivity contribution in [3.8, 4) is 0 Å². The maximum atomic E-state index is 12.8. The van der Waals surface area contributed by atoms with Crippen LogP contribution in [-0.2, 0) is 10.0 Å². The van der Waals surface area contributed by atoms with Gasteiger partial charge in [0.15, 0.2) is 5.13 Å². The number of amides is 1. The summed E-state index contributed by atoms with van der Waals surface area (Å²) in [7, 11) is -3.73. The molecule has 3 heterocycles. The lowest BCUT2D eigenvalue weighted by molar-refractivity contribution is 0.102. The van der Waals surface area contributed by atoms with E-state index in [1.165, 1.54) is 29.7 Å². The smallest absolute Gasteiger partial charge is 0.263 e. The number of sulfonamides is 1. The van der Waals surface area contributed by atoms with Crippen LogP contribution in [0.4, 0.5) is 16.6 Å². The number of hydrogen-bond acceptors (Lipinski definition) is 7. The van der Waals surface area contributed by atoms with Gasteiger partial charge in [-0.15, -0.1) is 11.3 Å². The Hall–Kier alpha value is -2.98. The van der Waals surface area contributed by atoms with E-state index in [9.17, 15) is 13.2 Å². The third-order valence-corrected chi connectivity index (χ3v) is 6.69. The molecule has 0 unspecified atom stereocenters. The van der Waals surface area contributed by atoms with Gasteiger partial charge in [0.05, 0.1) is 10.5 Å². The van der Waals surface area contributed by atoms with Gasteiger partial charge in [-0.25, -0.2) is 18.4 Å². The first kappa shape index (κ1) is 19.3. The minimum absolute atomic E-state index is 0.0878. The molecule has 0 bridgehead atoms. The number of nitrogens with one attached hydrogen (secondary N) is 2. The van der Waals surface area contributed by atoms with Crippen molar-refractivity contribution < 1.29 is 13.2 Å². The maximum absolute atomic E-state index is 12.8. The highest BCUT2D eigenvalue weighted by Gasteiger charge is 2.21. The average molecular weight is 430 g/mol. The highest BCUT2D eigenvalue weighted by molar-refractivity contribution is 7.93. The fourth-order valence-electron chi connectivity index (χ4n) is 3.12. The molecule has 1 amide bonds. The van der Waals surface area contributed by atoms with Gasteiger partial charge >= 0.3 is 0 Å². The Morgan fingerprint density at radius 3 is 2.48 bits per heavy atom. The van der Waals surface area contributed by atoms with Crippen LogP contribution in [0.5, 0.6) is 0 Å². The van der Waals surface area contributed by atoms with Crippen molar-refractivity contribution in [3.63, 3.8) is 0 Å². The lowest BCUT2D eigenvalue weighted by Crippen LogP contribution is -2.24. The SMILES string of the molecule is O=C(Nc1ccc(S(=O)(=O)Nc2nccs2)cc1)c1cccnc1N1CCCC1. The van der Waals surface area contributed by atoms with Crippen molar-refractivity contribution in [1.29, 1.82) is 0 Å². The van der Waals surface area contributed by atoms with Crippen molar-refractivity contribution in [2.75, 3.05) is 28.0 Å². The minimum Gasteiger partial charge on any atom is -0.356 e. The maximum Gasteiger partial charge on any atom is 0.263 e. The molecule has 29 heavy (non-hydrogen) atoms. The van der Waals surface area contributed by atoms with E-state index < -0.39 is 10.0 Å². The Kier molecular flexibility index (Phi) is 5.45. The molecule has 4 rings (SSSR count). The number of nitrogens with zero attached hydrogens (tertiary/aromatic N) is 3. The summed E-state index contributed by atoms with van der Waals surface area (Å²) in [4.78, 5) is 23.3. The fraction of sp³-hybridized carbons (Fsp3) is 0.211. The zero-order valence-corrected chi connectivity index (χ0v) is 17.0. The molecule has 10 heteroatoms. The Bertz CT molecular complexity index is 1090. The van der Waals surface area contributed by atoms with Crippen molar-refractivity contribution in [1.82, 2.24) is 9.97 Å². The van der Waals surface area contributed by atoms with Gasteiger partial charge in [0, 0.05) is 36.6 Å². The number of pyridine rings is 1. The number of carbonyl (C=O) groups excluding carboxylic acids is 1. The number of hydrogen-bond donors (Lipinski definition) is 2. The molecule has 0 saturated carbocycles. The molecule has 8 nitrogen and oxygen atoms in total. The number of rotatable bonds is 6. The van der Waals surface area contributed by atoms with Crippen LogP contribution in [0.3, 0.4) is 0 Å². The molecule has 150 valence electrons. The third-order valence-electron chi connectivity index (χ3n) is 4.51. The second kappa shape index (κ2) is 8.18. The van der Waals surface area contributed by atoms with Gasteiger partial charge in [0.25, 0.3) is 15.9 Å². The van der Waals surface area contributed by atoms with E-state index in [2.05, 4.69) is 24.9 Å². The van der Waals surface area contributed by atoms with Crippen LogP contribution < -0.4 is 14.9 Å². The van der Waals surface area contributed by atoms with Crippen molar-refractivity contribution in [2.24, 2.45) is 0 Å². The predicted octanol–water partition coefficient (Wildman–Crippen LogP) is 3.19. The van der Waals surface area contributed by atoms with Gasteiger partial charge in [-0.05, 0) is 49.2 Å². The van der Waals surface area contributed by atoms with Crippen LogP contribution in [-0.4, -0.2) is 37.4 Å². The predicted molar refractivity (Wildman–Crippen MR) is 113 cm³/mol. The lowest BCUT2D eigenvalue weighted by Gasteiger charge is -2.19. The van der Waals surface area contributed by atoms with E-state index in [1.54, 1.807) is 35.8 Å². The molecule has 2 N–H and O–H groups in total. The number of carbonyl (C=O) groups is 1. The molecule has 0 aliphatic carbocycles. The first-order valence-corrected chi connectivity index (χ1v) is 11.4. The van der Waals surface area contributed by atoms with Crippen LogP contribution >= 0.6 is 11.3 Å². The number of aromatic nitrogens is 2. The topological polar surface area (TPSA) is 104 Å². The number of thiazole rings is 1. The van der Waals surface area contributed by atoms with E-state index in [4.69, 9.17) is 0 Å². The molecule has 0 spiro atoms. The molecule has 1 aliphatic heterocycles. The summed E-state index contributed by atoms with van der Waals surface area (Å²) in [6, 6.07) is 9.47. The summed E-state index contributed by atoms with van der Waals surface area (Å²) in [5.41, 5.74) is 0.996. The first-order valence-electron chi connectivity index (χ1n) is 9.07. The second-order valence-corrected chi connectivity index (χ2v) is 9.07. The summed E-state index contributed by atoms with van der Waals surface area (Å²) in [5, 5.41) is 4.80. The zero-order valence-electron chi connectivity index (χ0n) is 15.4. The van der Waals surface area contributed by atoms with E-state index in [-0.39, 0.29) is 10.8 Å². The van der Waals surface area contributed by atoms with E-state index in [0.717, 1.165) is 25.9 Å². The molecule has 2 aromatic heterocycles. The zero-order chi connectivity index (χ0) is 20.3. The van der Waals surface area contributed by atoms with Crippen LogP contribution in [0.25, 0.3) is 0 Å². The summed E-state index contributed by atoms with van der Waals surface area (Å²) < 4.78 is 27.2. The first-order chi connectivity index (χ1) is 14.0. The van der Waals surface area contributed by atoms with Gasteiger partial charge in [-0.3, -0.25) is 9.52 Å². The Morgan fingerprint density at radius 1 is 1.03 bits per heavy atom. The van der Waals surface area contributed by atoms with Crippen molar-refractivity contribution in [3.05, 3.63) is 59.7 Å². The summed E-state index contributed by atoms with van der Waals surface area (Å²) in [5.74, 6) is 0.394. The van der Waals surface area contributed by atoms with Gasteiger partial charge in [-0.2, -0.15) is 0 Å². The van der Waals surface area contributed by atoms with E-state index in [1.807, 2.05) is 0 Å². The lowest BCUT2D eigenvalue weighted by atomic mass is 10.2. The molecule has 1 saturated heterocycles. The normalized spacial score (nSPS) is 14.0. The van der Waals surface area contributed by atoms with Gasteiger partial charge in [0.2, 0.25) is 0 Å². The van der Waals surface area contributed by atoms with Crippen LogP contribution in [0.2, 0.25) is 0 Å². The van der Waals surface area contributed by atoms with Crippen molar-refractivity contribution in [2.45, 2.75) is 17.7 Å². The molecular formula is C19H19N5O3S2. The highest BCUT2D eigenvalue weighted by atomic mass is 32.2. The molecule has 0 radical (unpaired) electrons. The van der Waals surface area contributed by atoms with Gasteiger partial charge in [0.1, 0.15) is 5.82 Å². The standard InChI is InChI=1S/C19H19N5O3S2/c25-18(16-4-3-9-20-17(16)24-11-1-2-12-24)22-14-5-7-15(8-6-14)29(26,27)23-19-21-10-13-28-19/h3-10,13H,1-2,11-12H2,(H,21,23)(H,22,25). The van der Waals surface area contributed by atoms with E-state index >= 15 is 0 Å². The number of benzene rings is 1. The highest BCUT2D eigenvalue weighted by Crippen LogP contribution is 2.24. The average Bonchev–Trinajstić information content (AvgIpc) is 3.42.